The molecule has 140 valence electrons. The van der Waals surface area contributed by atoms with Gasteiger partial charge in [-0.25, -0.2) is 15.9 Å². The van der Waals surface area contributed by atoms with Gasteiger partial charge in [-0.15, -0.1) is 0 Å². The van der Waals surface area contributed by atoms with Gasteiger partial charge in [0.25, 0.3) is 0 Å². The monoisotopic (exact) mass is 408 g/mol. The third kappa shape index (κ3) is 4.80. The van der Waals surface area contributed by atoms with Gasteiger partial charge in [0.1, 0.15) is 11.3 Å². The highest BCUT2D eigenvalue weighted by Gasteiger charge is 2.03. The van der Waals surface area contributed by atoms with Crippen molar-refractivity contribution in [3.05, 3.63) is 58.1 Å². The Morgan fingerprint density at radius 1 is 0.963 bits per heavy atom. The molecule has 0 aliphatic carbocycles. The summed E-state index contributed by atoms with van der Waals surface area (Å²) in [7, 11) is 0. The second kappa shape index (κ2) is 9.64. The summed E-state index contributed by atoms with van der Waals surface area (Å²) in [6.07, 6.45) is 8.51. The minimum absolute atomic E-state index is 0.533. The van der Waals surface area contributed by atoms with Gasteiger partial charge in [-0.3, -0.25) is 4.79 Å². The highest BCUT2D eigenvalue weighted by Crippen LogP contribution is 2.19. The molecule has 11 heteroatoms. The number of aldehydes is 1. The molecule has 4 heterocycles. The minimum atomic E-state index is 0.533. The number of halogens is 2. The third-order valence-electron chi connectivity index (χ3n) is 3.38. The summed E-state index contributed by atoms with van der Waals surface area (Å²) >= 11 is 11.5. The van der Waals surface area contributed by atoms with Gasteiger partial charge >= 0.3 is 0 Å². The molecule has 27 heavy (non-hydrogen) atoms. The number of oxime groups is 1. The van der Waals surface area contributed by atoms with Crippen molar-refractivity contribution in [3.8, 4) is 0 Å². The van der Waals surface area contributed by atoms with E-state index in [0.29, 0.717) is 21.3 Å². The van der Waals surface area contributed by atoms with Crippen LogP contribution in [0.25, 0.3) is 22.1 Å². The van der Waals surface area contributed by atoms with Crippen molar-refractivity contribution in [2.45, 2.75) is 0 Å². The molecule has 6 N–H and O–H groups in total. The van der Waals surface area contributed by atoms with E-state index in [1.54, 1.807) is 30.7 Å². The quantitative estimate of drug-likeness (QED) is 0.148. The Hall–Kier alpha value is -2.98. The number of hydrogen-bond donors (Lipinski definition) is 5. The van der Waals surface area contributed by atoms with Gasteiger partial charge in [0, 0.05) is 46.7 Å². The van der Waals surface area contributed by atoms with Gasteiger partial charge in [-0.05, 0) is 12.1 Å². The average Bonchev–Trinajstić information content (AvgIpc) is 3.27. The number of H-pyrrole nitrogens is 2. The Morgan fingerprint density at radius 2 is 1.44 bits per heavy atom. The second-order valence-electron chi connectivity index (χ2n) is 4.95. The van der Waals surface area contributed by atoms with Crippen LogP contribution in [0.1, 0.15) is 15.9 Å². The molecule has 9 nitrogen and oxygen atoms in total. The number of nitrogens with two attached hydrogens (primary N) is 1. The third-order valence-corrected chi connectivity index (χ3v) is 3.80. The van der Waals surface area contributed by atoms with Crippen LogP contribution in [0, 0.1) is 0 Å². The summed E-state index contributed by atoms with van der Waals surface area (Å²) < 4.78 is 0. The van der Waals surface area contributed by atoms with Gasteiger partial charge in [0.2, 0.25) is 0 Å². The zero-order valence-corrected chi connectivity index (χ0v) is 15.1. The molecule has 0 saturated carbocycles. The number of aromatic amines is 2. The molecule has 0 spiro atoms. The summed E-state index contributed by atoms with van der Waals surface area (Å²) in [4.78, 5) is 24.4. The Morgan fingerprint density at radius 3 is 1.93 bits per heavy atom. The van der Waals surface area contributed by atoms with Crippen LogP contribution in [0.3, 0.4) is 0 Å². The molecule has 0 fully saturated rings. The maximum atomic E-state index is 10.5. The van der Waals surface area contributed by atoms with E-state index in [1.165, 1.54) is 12.4 Å². The fourth-order valence-corrected chi connectivity index (χ4v) is 2.58. The number of fused-ring (bicyclic) bond motifs is 2. The fourth-order valence-electron chi connectivity index (χ4n) is 2.26. The topological polar surface area (TPSA) is 153 Å². The average molecular weight is 409 g/mol. The second-order valence-corrected chi connectivity index (χ2v) is 5.82. The maximum Gasteiger partial charge on any atom is 0.152 e. The summed E-state index contributed by atoms with van der Waals surface area (Å²) in [5.74, 6) is 3.50. The number of carbonyl (C=O) groups excluding carboxylic acids is 1. The van der Waals surface area contributed by atoms with E-state index in [0.717, 1.165) is 28.3 Å². The molecular formula is C16H14Cl2N6O3. The van der Waals surface area contributed by atoms with Crippen LogP contribution < -0.4 is 5.90 Å². The maximum absolute atomic E-state index is 10.5. The zero-order chi connectivity index (χ0) is 19.8. The van der Waals surface area contributed by atoms with Crippen molar-refractivity contribution in [2.75, 3.05) is 0 Å². The standard InChI is InChI=1S/C8H6ClN3O.C8H5ClN2O.H3NO/c9-6-1-7-5(3-12-13)2-10-8(7)11-4-6;9-6-1-7-5(4-12)2-10-8(7)11-3-6;1-2/h1-4,13H,(H,10,11);1-4H,(H,10,11);2H,1H2/b12-3+;;. The summed E-state index contributed by atoms with van der Waals surface area (Å²) in [5, 5.41) is 20.5. The first-order valence-corrected chi connectivity index (χ1v) is 8.01. The Bertz CT molecular complexity index is 1080. The van der Waals surface area contributed by atoms with Crippen LogP contribution >= 0.6 is 23.2 Å². The van der Waals surface area contributed by atoms with E-state index in [-0.39, 0.29) is 0 Å². The lowest BCUT2D eigenvalue weighted by Gasteiger charge is -1.90. The van der Waals surface area contributed by atoms with Crippen LogP contribution in [0.4, 0.5) is 0 Å². The van der Waals surface area contributed by atoms with Crippen LogP contribution in [0.5, 0.6) is 0 Å². The molecule has 0 unspecified atom stereocenters. The lowest BCUT2D eigenvalue weighted by atomic mass is 10.2. The Balaban J connectivity index is 0.000000178. The van der Waals surface area contributed by atoms with Crippen molar-refractivity contribution in [1.82, 2.24) is 19.9 Å². The molecule has 0 saturated heterocycles. The van der Waals surface area contributed by atoms with Crippen molar-refractivity contribution in [3.63, 3.8) is 0 Å². The smallest absolute Gasteiger partial charge is 0.152 e. The van der Waals surface area contributed by atoms with E-state index in [1.807, 2.05) is 0 Å². The lowest BCUT2D eigenvalue weighted by Crippen LogP contribution is -1.78. The van der Waals surface area contributed by atoms with Crippen LogP contribution in [0.15, 0.2) is 42.1 Å². The van der Waals surface area contributed by atoms with E-state index in [2.05, 4.69) is 31.0 Å². The van der Waals surface area contributed by atoms with Gasteiger partial charge in [0.15, 0.2) is 6.29 Å². The van der Waals surface area contributed by atoms with Crippen LogP contribution in [0.2, 0.25) is 10.0 Å². The number of hydrogen-bond acceptors (Lipinski definition) is 7. The van der Waals surface area contributed by atoms with Gasteiger partial charge in [0.05, 0.1) is 16.3 Å². The summed E-state index contributed by atoms with van der Waals surface area (Å²) in [5.41, 5.74) is 2.74. The van der Waals surface area contributed by atoms with Crippen molar-refractivity contribution < 1.29 is 15.2 Å². The SMILES string of the molecule is NO.O/N=C/c1c[nH]c2ncc(Cl)cc12.O=Cc1c[nH]c2ncc(Cl)cc12. The Kier molecular flexibility index (Phi) is 7.26. The first-order valence-electron chi connectivity index (χ1n) is 7.26. The summed E-state index contributed by atoms with van der Waals surface area (Å²) in [6.45, 7) is 0. The summed E-state index contributed by atoms with van der Waals surface area (Å²) in [6, 6.07) is 3.47. The zero-order valence-electron chi connectivity index (χ0n) is 13.6. The highest BCUT2D eigenvalue weighted by molar-refractivity contribution is 6.31. The number of pyridine rings is 2. The molecular weight excluding hydrogens is 395 g/mol. The van der Waals surface area contributed by atoms with E-state index in [9.17, 15) is 4.79 Å². The number of rotatable bonds is 2. The first-order chi connectivity index (χ1) is 13.1. The first kappa shape index (κ1) is 20.3. The largest absolute Gasteiger partial charge is 0.411 e. The van der Waals surface area contributed by atoms with E-state index in [4.69, 9.17) is 33.6 Å². The molecule has 4 rings (SSSR count). The van der Waals surface area contributed by atoms with Gasteiger partial charge in [-0.2, -0.15) is 0 Å². The number of nitrogens with zero attached hydrogens (tertiary/aromatic N) is 3. The van der Waals surface area contributed by atoms with Crippen LogP contribution in [-0.4, -0.2) is 42.9 Å². The molecule has 0 bridgehead atoms. The minimum Gasteiger partial charge on any atom is -0.411 e. The molecule has 0 aromatic carbocycles. The van der Waals surface area contributed by atoms with Crippen molar-refractivity contribution in [2.24, 2.45) is 11.1 Å². The molecule has 4 aromatic rings. The molecule has 0 radical (unpaired) electrons. The molecule has 0 aliphatic rings. The lowest BCUT2D eigenvalue weighted by molar-refractivity contribution is 0.112. The molecule has 0 amide bonds. The molecule has 0 aliphatic heterocycles. The highest BCUT2D eigenvalue weighted by atomic mass is 35.5. The van der Waals surface area contributed by atoms with E-state index < -0.39 is 0 Å². The van der Waals surface area contributed by atoms with Crippen molar-refractivity contribution in [1.29, 1.82) is 0 Å². The van der Waals surface area contributed by atoms with Crippen LogP contribution in [-0.2, 0) is 0 Å². The predicted molar refractivity (Wildman–Crippen MR) is 103 cm³/mol. The molecule has 0 atom stereocenters. The van der Waals surface area contributed by atoms with E-state index >= 15 is 0 Å². The van der Waals surface area contributed by atoms with Gasteiger partial charge < -0.3 is 20.4 Å². The predicted octanol–water partition coefficient (Wildman–Crippen LogP) is 3.39. The molecule has 4 aromatic heterocycles. The normalized spacial score (nSPS) is 10.4. The number of aromatic nitrogens is 4. The fraction of sp³-hybridized carbons (Fsp3) is 0. The number of nitrogens with one attached hydrogen (secondary N) is 2. The number of carbonyl (C=O) groups is 1. The Labute approximate surface area is 162 Å². The van der Waals surface area contributed by atoms with Crippen molar-refractivity contribution >= 4 is 57.8 Å². The van der Waals surface area contributed by atoms with Gasteiger partial charge in [-0.1, -0.05) is 28.4 Å².